The van der Waals surface area contributed by atoms with Gasteiger partial charge in [0.2, 0.25) is 0 Å². The van der Waals surface area contributed by atoms with Crippen LogP contribution in [0.25, 0.3) is 0 Å². The summed E-state index contributed by atoms with van der Waals surface area (Å²) in [4.78, 5) is 21.5. The smallest absolute Gasteiger partial charge is 0.274 e. The van der Waals surface area contributed by atoms with Crippen LogP contribution in [0.4, 0.5) is 0 Å². The molecule has 5 nitrogen and oxygen atoms in total. The average Bonchev–Trinajstić information content (AvgIpc) is 2.59. The number of amides is 1. The number of nitrogens with two attached hydrogens (primary N) is 1. The van der Waals surface area contributed by atoms with Gasteiger partial charge in [0.1, 0.15) is 5.69 Å². The largest absolute Gasteiger partial charge is 0.335 e. The molecule has 0 bridgehead atoms. The van der Waals surface area contributed by atoms with Crippen molar-refractivity contribution in [2.75, 3.05) is 13.1 Å². The molecular weight excluding hydrogens is 192 g/mol. The van der Waals surface area contributed by atoms with Crippen LogP contribution in [-0.4, -0.2) is 39.4 Å². The summed E-state index contributed by atoms with van der Waals surface area (Å²) in [7, 11) is 0. The summed E-state index contributed by atoms with van der Waals surface area (Å²) in [6.45, 7) is 3.24. The maximum absolute atomic E-state index is 11.9. The Morgan fingerprint density at radius 1 is 1.60 bits per heavy atom. The third-order valence-electron chi connectivity index (χ3n) is 2.57. The minimum absolute atomic E-state index is 0.0859. The van der Waals surface area contributed by atoms with Crippen molar-refractivity contribution in [1.82, 2.24) is 14.9 Å². The molecule has 1 aliphatic rings. The molecule has 2 heterocycles. The van der Waals surface area contributed by atoms with Gasteiger partial charge in [-0.3, -0.25) is 9.78 Å². The van der Waals surface area contributed by atoms with Crippen molar-refractivity contribution < 1.29 is 4.79 Å². The first-order valence-corrected chi connectivity index (χ1v) is 4.93. The molecule has 1 atom stereocenters. The van der Waals surface area contributed by atoms with E-state index in [2.05, 4.69) is 9.97 Å². The second-order valence-electron chi connectivity index (χ2n) is 4.22. The summed E-state index contributed by atoms with van der Waals surface area (Å²) < 4.78 is 0. The van der Waals surface area contributed by atoms with E-state index in [4.69, 9.17) is 5.73 Å². The van der Waals surface area contributed by atoms with E-state index in [0.29, 0.717) is 18.8 Å². The van der Waals surface area contributed by atoms with Gasteiger partial charge < -0.3 is 10.6 Å². The van der Waals surface area contributed by atoms with Crippen molar-refractivity contribution in [3.05, 3.63) is 24.3 Å². The molecule has 1 aromatic rings. The molecule has 5 heteroatoms. The molecule has 0 spiro atoms. The van der Waals surface area contributed by atoms with Crippen LogP contribution >= 0.6 is 0 Å². The fraction of sp³-hybridized carbons (Fsp3) is 0.500. The number of hydrogen-bond acceptors (Lipinski definition) is 4. The van der Waals surface area contributed by atoms with Gasteiger partial charge in [0.15, 0.2) is 0 Å². The quantitative estimate of drug-likeness (QED) is 0.704. The summed E-state index contributed by atoms with van der Waals surface area (Å²) in [6, 6.07) is 0. The number of rotatable bonds is 1. The monoisotopic (exact) mass is 206 g/mol. The Hall–Kier alpha value is -1.49. The van der Waals surface area contributed by atoms with Gasteiger partial charge in [-0.25, -0.2) is 4.98 Å². The minimum Gasteiger partial charge on any atom is -0.335 e. The fourth-order valence-corrected chi connectivity index (χ4v) is 1.73. The fourth-order valence-electron chi connectivity index (χ4n) is 1.73. The molecule has 1 fully saturated rings. The second-order valence-corrected chi connectivity index (χ2v) is 4.22. The van der Waals surface area contributed by atoms with Gasteiger partial charge in [-0.05, 0) is 13.3 Å². The van der Waals surface area contributed by atoms with E-state index in [-0.39, 0.29) is 11.4 Å². The molecular formula is C10H14N4O. The Labute approximate surface area is 88.3 Å². The van der Waals surface area contributed by atoms with Crippen molar-refractivity contribution in [2.45, 2.75) is 18.9 Å². The molecule has 0 aliphatic carbocycles. The van der Waals surface area contributed by atoms with Crippen molar-refractivity contribution in [3.63, 3.8) is 0 Å². The Balaban J connectivity index is 2.11. The van der Waals surface area contributed by atoms with Crippen molar-refractivity contribution in [3.8, 4) is 0 Å². The molecule has 1 amide bonds. The van der Waals surface area contributed by atoms with Gasteiger partial charge in [-0.15, -0.1) is 0 Å². The molecule has 15 heavy (non-hydrogen) atoms. The van der Waals surface area contributed by atoms with Gasteiger partial charge >= 0.3 is 0 Å². The predicted molar refractivity (Wildman–Crippen MR) is 55.1 cm³/mol. The zero-order chi connectivity index (χ0) is 10.9. The van der Waals surface area contributed by atoms with E-state index >= 15 is 0 Å². The highest BCUT2D eigenvalue weighted by Crippen LogP contribution is 2.19. The molecule has 1 saturated heterocycles. The summed E-state index contributed by atoms with van der Waals surface area (Å²) >= 11 is 0. The first-order chi connectivity index (χ1) is 7.08. The summed E-state index contributed by atoms with van der Waals surface area (Å²) in [5, 5.41) is 0. The highest BCUT2D eigenvalue weighted by atomic mass is 16.2. The number of carbonyl (C=O) groups is 1. The van der Waals surface area contributed by atoms with Gasteiger partial charge in [-0.1, -0.05) is 0 Å². The molecule has 2 rings (SSSR count). The molecule has 1 aromatic heterocycles. The standard InChI is InChI=1S/C10H14N4O/c1-10(11)2-5-14(7-10)9(15)8-6-12-3-4-13-8/h3-4,6H,2,5,7,11H2,1H3. The molecule has 80 valence electrons. The Bertz CT molecular complexity index is 363. The Morgan fingerprint density at radius 3 is 2.93 bits per heavy atom. The topological polar surface area (TPSA) is 72.1 Å². The Kier molecular flexibility index (Phi) is 2.40. The maximum Gasteiger partial charge on any atom is 0.274 e. The summed E-state index contributed by atoms with van der Waals surface area (Å²) in [6.07, 6.45) is 5.38. The Morgan fingerprint density at radius 2 is 2.40 bits per heavy atom. The molecule has 0 radical (unpaired) electrons. The lowest BCUT2D eigenvalue weighted by molar-refractivity contribution is 0.0779. The third-order valence-corrected chi connectivity index (χ3v) is 2.57. The van der Waals surface area contributed by atoms with Crippen molar-refractivity contribution in [1.29, 1.82) is 0 Å². The van der Waals surface area contributed by atoms with Gasteiger partial charge in [0.25, 0.3) is 5.91 Å². The lowest BCUT2D eigenvalue weighted by Gasteiger charge is -2.19. The van der Waals surface area contributed by atoms with Gasteiger partial charge in [0, 0.05) is 31.0 Å². The van der Waals surface area contributed by atoms with Crippen LogP contribution in [0.5, 0.6) is 0 Å². The van der Waals surface area contributed by atoms with Crippen molar-refractivity contribution >= 4 is 5.91 Å². The molecule has 0 aromatic carbocycles. The number of aromatic nitrogens is 2. The van der Waals surface area contributed by atoms with Crippen LogP contribution in [0.2, 0.25) is 0 Å². The van der Waals surface area contributed by atoms with E-state index in [1.54, 1.807) is 11.1 Å². The SMILES string of the molecule is CC1(N)CCN(C(=O)c2cnccn2)C1. The van der Waals surface area contributed by atoms with E-state index in [1.165, 1.54) is 12.4 Å². The van der Waals surface area contributed by atoms with Gasteiger partial charge in [-0.2, -0.15) is 0 Å². The van der Waals surface area contributed by atoms with Crippen LogP contribution in [0.3, 0.4) is 0 Å². The summed E-state index contributed by atoms with van der Waals surface area (Å²) in [5.74, 6) is -0.0859. The lowest BCUT2D eigenvalue weighted by Crippen LogP contribution is -2.40. The van der Waals surface area contributed by atoms with Crippen LogP contribution in [0.1, 0.15) is 23.8 Å². The number of hydrogen-bond donors (Lipinski definition) is 1. The van der Waals surface area contributed by atoms with Crippen molar-refractivity contribution in [2.24, 2.45) is 5.73 Å². The first kappa shape index (κ1) is 10.0. The maximum atomic E-state index is 11.9. The lowest BCUT2D eigenvalue weighted by atomic mass is 10.0. The van der Waals surface area contributed by atoms with Crippen LogP contribution in [-0.2, 0) is 0 Å². The van der Waals surface area contributed by atoms with E-state index in [9.17, 15) is 4.79 Å². The van der Waals surface area contributed by atoms with E-state index in [1.807, 2.05) is 6.92 Å². The highest BCUT2D eigenvalue weighted by molar-refractivity contribution is 5.92. The zero-order valence-corrected chi connectivity index (χ0v) is 8.68. The number of nitrogens with zero attached hydrogens (tertiary/aromatic N) is 3. The van der Waals surface area contributed by atoms with Crippen LogP contribution in [0, 0.1) is 0 Å². The number of likely N-dealkylation sites (tertiary alicyclic amines) is 1. The van der Waals surface area contributed by atoms with Crippen LogP contribution in [0.15, 0.2) is 18.6 Å². The average molecular weight is 206 g/mol. The van der Waals surface area contributed by atoms with Gasteiger partial charge in [0.05, 0.1) is 6.20 Å². The number of carbonyl (C=O) groups excluding carboxylic acids is 1. The molecule has 1 unspecified atom stereocenters. The highest BCUT2D eigenvalue weighted by Gasteiger charge is 2.33. The minimum atomic E-state index is -0.266. The predicted octanol–water partition coefficient (Wildman–Crippen LogP) is 0.0399. The van der Waals surface area contributed by atoms with E-state index < -0.39 is 0 Å². The molecule has 0 saturated carbocycles. The second kappa shape index (κ2) is 3.58. The summed E-state index contributed by atoms with van der Waals surface area (Å²) in [5.41, 5.74) is 6.07. The molecule has 2 N–H and O–H groups in total. The zero-order valence-electron chi connectivity index (χ0n) is 8.68. The first-order valence-electron chi connectivity index (χ1n) is 4.93. The van der Waals surface area contributed by atoms with E-state index in [0.717, 1.165) is 6.42 Å². The normalized spacial score (nSPS) is 25.6. The third kappa shape index (κ3) is 2.12. The molecule has 1 aliphatic heterocycles. The van der Waals surface area contributed by atoms with Crippen LogP contribution < -0.4 is 5.73 Å².